The Kier molecular flexibility index (Phi) is 8.17. The minimum Gasteiger partial charge on any atom is -0.369 e. The molecule has 0 bridgehead atoms. The summed E-state index contributed by atoms with van der Waals surface area (Å²) in [7, 11) is 0. The van der Waals surface area contributed by atoms with E-state index in [0.29, 0.717) is 13.1 Å². The average Bonchev–Trinajstić information content (AvgIpc) is 2.24. The van der Waals surface area contributed by atoms with Crippen LogP contribution in [0.5, 0.6) is 0 Å². The Hall–Kier alpha value is -0.610. The topological polar surface area (TPSA) is 72.3 Å². The van der Waals surface area contributed by atoms with Crippen molar-refractivity contribution < 1.29 is 4.79 Å². The molecule has 0 aromatic rings. The van der Waals surface area contributed by atoms with E-state index >= 15 is 0 Å². The summed E-state index contributed by atoms with van der Waals surface area (Å²) in [6.07, 6.45) is 4.42. The van der Waals surface area contributed by atoms with Gasteiger partial charge in [-0.15, -0.1) is 0 Å². The Balaban J connectivity index is 3.94. The van der Waals surface area contributed by atoms with Crippen LogP contribution in [0, 0.1) is 5.41 Å². The molecular formula is C13H29N3O. The Labute approximate surface area is 106 Å². The fourth-order valence-electron chi connectivity index (χ4n) is 1.76. The summed E-state index contributed by atoms with van der Waals surface area (Å²) in [6, 6.07) is 0. The summed E-state index contributed by atoms with van der Waals surface area (Å²) < 4.78 is 0. The third kappa shape index (κ3) is 9.12. The van der Waals surface area contributed by atoms with E-state index in [0.717, 1.165) is 38.8 Å². The quantitative estimate of drug-likeness (QED) is 0.608. The van der Waals surface area contributed by atoms with Crippen LogP contribution in [0.3, 0.4) is 0 Å². The molecule has 0 rings (SSSR count). The van der Waals surface area contributed by atoms with Crippen molar-refractivity contribution in [2.24, 2.45) is 16.9 Å². The molecule has 0 aromatic carbocycles. The molecule has 0 atom stereocenters. The number of nitrogens with zero attached hydrogens (tertiary/aromatic N) is 1. The highest BCUT2D eigenvalue weighted by Crippen LogP contribution is 2.20. The first-order valence-electron chi connectivity index (χ1n) is 6.62. The van der Waals surface area contributed by atoms with Crippen molar-refractivity contribution in [3.05, 3.63) is 0 Å². The highest BCUT2D eigenvalue weighted by molar-refractivity contribution is 5.75. The van der Waals surface area contributed by atoms with E-state index in [2.05, 4.69) is 25.7 Å². The lowest BCUT2D eigenvalue weighted by Gasteiger charge is -2.25. The molecule has 0 aliphatic heterocycles. The molecule has 0 aliphatic rings. The van der Waals surface area contributed by atoms with Crippen molar-refractivity contribution in [3.8, 4) is 0 Å². The van der Waals surface area contributed by atoms with Crippen molar-refractivity contribution in [1.82, 2.24) is 4.90 Å². The molecule has 0 radical (unpaired) electrons. The number of amides is 1. The van der Waals surface area contributed by atoms with E-state index < -0.39 is 0 Å². The zero-order valence-corrected chi connectivity index (χ0v) is 11.7. The Morgan fingerprint density at radius 1 is 1.24 bits per heavy atom. The highest BCUT2D eigenvalue weighted by Gasteiger charge is 2.16. The molecule has 0 heterocycles. The van der Waals surface area contributed by atoms with Crippen LogP contribution < -0.4 is 11.5 Å². The van der Waals surface area contributed by atoms with Crippen LogP contribution in [0.4, 0.5) is 0 Å². The fraction of sp³-hybridized carbons (Fsp3) is 0.923. The number of rotatable bonds is 10. The predicted octanol–water partition coefficient (Wildman–Crippen LogP) is 1.34. The van der Waals surface area contributed by atoms with Crippen LogP contribution in [-0.2, 0) is 4.79 Å². The maximum atomic E-state index is 10.9. The molecule has 1 amide bonds. The zero-order valence-electron chi connectivity index (χ0n) is 11.7. The number of carbonyl (C=O) groups is 1. The normalized spacial score (nSPS) is 12.1. The van der Waals surface area contributed by atoms with Crippen LogP contribution in [0.25, 0.3) is 0 Å². The number of unbranched alkanes of at least 4 members (excludes halogenated alkanes) is 1. The van der Waals surface area contributed by atoms with Gasteiger partial charge < -0.3 is 11.5 Å². The Morgan fingerprint density at radius 3 is 2.29 bits per heavy atom. The molecule has 0 aromatic heterocycles. The molecule has 102 valence electrons. The van der Waals surface area contributed by atoms with Gasteiger partial charge in [0.1, 0.15) is 0 Å². The third-order valence-electron chi connectivity index (χ3n) is 3.09. The lowest BCUT2D eigenvalue weighted by Crippen LogP contribution is -2.36. The van der Waals surface area contributed by atoms with Gasteiger partial charge in [-0.3, -0.25) is 9.69 Å². The maximum Gasteiger partial charge on any atom is 0.231 e. The molecule has 0 spiro atoms. The fourth-order valence-corrected chi connectivity index (χ4v) is 1.76. The molecule has 17 heavy (non-hydrogen) atoms. The van der Waals surface area contributed by atoms with Crippen molar-refractivity contribution in [3.63, 3.8) is 0 Å². The summed E-state index contributed by atoms with van der Waals surface area (Å²) >= 11 is 0. The van der Waals surface area contributed by atoms with Gasteiger partial charge in [-0.1, -0.05) is 27.2 Å². The van der Waals surface area contributed by atoms with Crippen molar-refractivity contribution in [1.29, 1.82) is 0 Å². The number of carbonyl (C=O) groups excluding carboxylic acids is 1. The Bertz CT molecular complexity index is 217. The van der Waals surface area contributed by atoms with Gasteiger partial charge >= 0.3 is 0 Å². The molecule has 0 unspecified atom stereocenters. The monoisotopic (exact) mass is 243 g/mol. The highest BCUT2D eigenvalue weighted by atomic mass is 16.1. The molecule has 4 nitrogen and oxygen atoms in total. The number of hydrogen-bond donors (Lipinski definition) is 2. The smallest absolute Gasteiger partial charge is 0.231 e. The van der Waals surface area contributed by atoms with E-state index in [1.54, 1.807) is 0 Å². The first kappa shape index (κ1) is 16.4. The molecule has 0 saturated carbocycles. The molecule has 0 aliphatic carbocycles. The van der Waals surface area contributed by atoms with Gasteiger partial charge in [0.05, 0.1) is 6.54 Å². The second-order valence-corrected chi connectivity index (χ2v) is 5.57. The van der Waals surface area contributed by atoms with Crippen LogP contribution in [0.1, 0.15) is 46.5 Å². The van der Waals surface area contributed by atoms with Gasteiger partial charge in [0.2, 0.25) is 5.91 Å². The van der Waals surface area contributed by atoms with E-state index in [4.69, 9.17) is 11.5 Å². The van der Waals surface area contributed by atoms with Crippen LogP contribution in [-0.4, -0.2) is 37.0 Å². The van der Waals surface area contributed by atoms with E-state index in [9.17, 15) is 4.79 Å². The lowest BCUT2D eigenvalue weighted by atomic mass is 9.88. The summed E-state index contributed by atoms with van der Waals surface area (Å²) in [5, 5.41) is 0. The van der Waals surface area contributed by atoms with Gasteiger partial charge in [0, 0.05) is 0 Å². The first-order valence-corrected chi connectivity index (χ1v) is 6.62. The van der Waals surface area contributed by atoms with E-state index in [-0.39, 0.29) is 11.3 Å². The van der Waals surface area contributed by atoms with Crippen molar-refractivity contribution in [2.75, 3.05) is 26.2 Å². The van der Waals surface area contributed by atoms with Crippen LogP contribution >= 0.6 is 0 Å². The molecule has 4 N–H and O–H groups in total. The molecule has 0 saturated heterocycles. The van der Waals surface area contributed by atoms with Crippen LogP contribution in [0.15, 0.2) is 0 Å². The number of primary amides is 1. The minimum absolute atomic E-state index is 0.198. The Morgan fingerprint density at radius 2 is 1.82 bits per heavy atom. The first-order chi connectivity index (χ1) is 7.91. The number of nitrogens with two attached hydrogens (primary N) is 2. The van der Waals surface area contributed by atoms with E-state index in [1.807, 2.05) is 0 Å². The standard InChI is InChI=1S/C13H29N3O/c1-4-5-8-16(10-12(15)17)9-6-7-13(2,3)11-14/h4-11,14H2,1-3H3,(H2,15,17). The third-order valence-corrected chi connectivity index (χ3v) is 3.09. The summed E-state index contributed by atoms with van der Waals surface area (Å²) in [4.78, 5) is 13.1. The zero-order chi connectivity index (χ0) is 13.3. The summed E-state index contributed by atoms with van der Waals surface area (Å²) in [5.41, 5.74) is 11.1. The largest absolute Gasteiger partial charge is 0.369 e. The average molecular weight is 243 g/mol. The SMILES string of the molecule is CCCCN(CCCC(C)(C)CN)CC(N)=O. The second-order valence-electron chi connectivity index (χ2n) is 5.57. The van der Waals surface area contributed by atoms with Gasteiger partial charge in [0.15, 0.2) is 0 Å². The summed E-state index contributed by atoms with van der Waals surface area (Å²) in [5.74, 6) is -0.237. The van der Waals surface area contributed by atoms with E-state index in [1.165, 1.54) is 0 Å². The summed E-state index contributed by atoms with van der Waals surface area (Å²) in [6.45, 7) is 9.49. The van der Waals surface area contributed by atoms with Gasteiger partial charge in [0.25, 0.3) is 0 Å². The lowest BCUT2D eigenvalue weighted by molar-refractivity contribution is -0.119. The predicted molar refractivity (Wildman–Crippen MR) is 72.6 cm³/mol. The second kappa shape index (κ2) is 8.48. The van der Waals surface area contributed by atoms with Crippen molar-refractivity contribution in [2.45, 2.75) is 46.5 Å². The number of hydrogen-bond acceptors (Lipinski definition) is 3. The van der Waals surface area contributed by atoms with Crippen molar-refractivity contribution >= 4 is 5.91 Å². The maximum absolute atomic E-state index is 10.9. The molecular weight excluding hydrogens is 214 g/mol. The van der Waals surface area contributed by atoms with Gasteiger partial charge in [-0.25, -0.2) is 0 Å². The van der Waals surface area contributed by atoms with Crippen LogP contribution in [0.2, 0.25) is 0 Å². The molecule has 0 fully saturated rings. The van der Waals surface area contributed by atoms with Gasteiger partial charge in [-0.05, 0) is 44.3 Å². The minimum atomic E-state index is -0.237. The van der Waals surface area contributed by atoms with Gasteiger partial charge in [-0.2, -0.15) is 0 Å². The molecule has 4 heteroatoms.